The molecule has 1 aromatic rings. The Kier molecular flexibility index (Phi) is 3.03. The van der Waals surface area contributed by atoms with Gasteiger partial charge in [0.05, 0.1) is 5.69 Å². The molecule has 0 aliphatic rings. The average molecular weight is 230 g/mol. The lowest BCUT2D eigenvalue weighted by Gasteiger charge is -2.13. The Morgan fingerprint density at radius 3 is 2.33 bits per heavy atom. The number of anilines is 1. The van der Waals surface area contributed by atoms with E-state index in [1.807, 2.05) is 0 Å². The quantitative estimate of drug-likeness (QED) is 0.515. The van der Waals surface area contributed by atoms with Crippen molar-refractivity contribution in [3.8, 4) is 0 Å². The first-order valence-corrected chi connectivity index (χ1v) is 5.80. The second-order valence-corrected chi connectivity index (χ2v) is 4.92. The zero-order valence-corrected chi connectivity index (χ0v) is 9.38. The first-order valence-electron chi connectivity index (χ1n) is 4.36. The van der Waals surface area contributed by atoms with E-state index in [-0.39, 0.29) is 16.6 Å². The zero-order valence-electron chi connectivity index (χ0n) is 8.56. The van der Waals surface area contributed by atoms with Crippen LogP contribution in [-0.2, 0) is 10.1 Å². The third-order valence-corrected chi connectivity index (χ3v) is 2.98. The van der Waals surface area contributed by atoms with E-state index in [0.717, 1.165) is 0 Å². The molecule has 1 rings (SSSR count). The summed E-state index contributed by atoms with van der Waals surface area (Å²) < 4.78 is 31.0. The lowest BCUT2D eigenvalue weighted by Crippen LogP contribution is -2.12. The number of benzene rings is 1. The molecule has 84 valence electrons. The maximum Gasteiger partial charge on any atom is 0.296 e. The third-order valence-electron chi connectivity index (χ3n) is 2.09. The molecule has 0 saturated heterocycles. The van der Waals surface area contributed by atoms with E-state index < -0.39 is 10.1 Å². The highest BCUT2D eigenvalue weighted by Gasteiger charge is 2.18. The summed E-state index contributed by atoms with van der Waals surface area (Å²) in [5, 5.41) is 0. The largest absolute Gasteiger partial charge is 0.397 e. The van der Waals surface area contributed by atoms with E-state index in [2.05, 4.69) is 0 Å². The van der Waals surface area contributed by atoms with Crippen molar-refractivity contribution < 1.29 is 13.0 Å². The van der Waals surface area contributed by atoms with Crippen LogP contribution >= 0.6 is 0 Å². The Labute approximate surface area is 88.8 Å². The summed E-state index contributed by atoms with van der Waals surface area (Å²) in [6.45, 7) is 3.40. The van der Waals surface area contributed by atoms with Gasteiger partial charge in [-0.25, -0.2) is 0 Å². The molecular formula is C9H14N2O3S. The van der Waals surface area contributed by atoms with Gasteiger partial charge in [-0.2, -0.15) is 8.42 Å². The highest BCUT2D eigenvalue weighted by atomic mass is 32.2. The van der Waals surface area contributed by atoms with E-state index in [1.54, 1.807) is 19.9 Å². The summed E-state index contributed by atoms with van der Waals surface area (Å²) in [5.41, 5.74) is 12.5. The van der Waals surface area contributed by atoms with Gasteiger partial charge in [-0.05, 0) is 31.0 Å². The highest BCUT2D eigenvalue weighted by molar-refractivity contribution is 7.86. The van der Waals surface area contributed by atoms with Crippen LogP contribution < -0.4 is 11.5 Å². The molecule has 0 aliphatic heterocycles. The summed E-state index contributed by atoms with van der Waals surface area (Å²) in [7, 11) is -4.29. The predicted molar refractivity (Wildman–Crippen MR) is 58.0 cm³/mol. The summed E-state index contributed by atoms with van der Waals surface area (Å²) in [4.78, 5) is -0.283. The lowest BCUT2D eigenvalue weighted by atomic mass is 10.0. The monoisotopic (exact) mass is 230 g/mol. The Hall–Kier alpha value is -1.11. The van der Waals surface area contributed by atoms with Gasteiger partial charge in [0.1, 0.15) is 4.90 Å². The van der Waals surface area contributed by atoms with Crippen molar-refractivity contribution in [3.05, 3.63) is 23.3 Å². The number of aryl methyl sites for hydroxylation is 1. The summed E-state index contributed by atoms with van der Waals surface area (Å²) in [6, 6.07) is 2.64. The van der Waals surface area contributed by atoms with Gasteiger partial charge in [-0.1, -0.05) is 6.07 Å². The van der Waals surface area contributed by atoms with Crippen molar-refractivity contribution in [1.29, 1.82) is 0 Å². The number of nitrogens with two attached hydrogens (primary N) is 2. The van der Waals surface area contributed by atoms with Gasteiger partial charge >= 0.3 is 0 Å². The van der Waals surface area contributed by atoms with E-state index >= 15 is 0 Å². The maximum atomic E-state index is 11.0. The molecular weight excluding hydrogens is 216 g/mol. The molecule has 0 heterocycles. The summed E-state index contributed by atoms with van der Waals surface area (Å²) in [6.07, 6.45) is 0. The van der Waals surface area contributed by atoms with Crippen LogP contribution in [0.15, 0.2) is 17.0 Å². The topological polar surface area (TPSA) is 106 Å². The minimum absolute atomic E-state index is 0.0121. The Morgan fingerprint density at radius 1 is 1.40 bits per heavy atom. The standard InChI is InChI=1S/C9H14N2O3S/c1-5-3-7(6(2)10)9(11)8(4-5)15(12,13)14/h3-4,6H,10-11H2,1-2H3,(H,12,13,14). The SMILES string of the molecule is Cc1cc(C(C)N)c(N)c(S(=O)(=O)O)c1. The van der Waals surface area contributed by atoms with Crippen LogP contribution in [0.1, 0.15) is 24.1 Å². The first-order chi connectivity index (χ1) is 6.73. The van der Waals surface area contributed by atoms with Gasteiger partial charge in [-0.3, -0.25) is 4.55 Å². The fourth-order valence-corrected chi connectivity index (χ4v) is 2.11. The lowest BCUT2D eigenvalue weighted by molar-refractivity contribution is 0.483. The fraction of sp³-hybridized carbons (Fsp3) is 0.333. The van der Waals surface area contributed by atoms with Crippen molar-refractivity contribution in [2.75, 3.05) is 5.73 Å². The molecule has 5 N–H and O–H groups in total. The molecule has 0 aliphatic carbocycles. The smallest absolute Gasteiger partial charge is 0.296 e. The summed E-state index contributed by atoms with van der Waals surface area (Å²) in [5.74, 6) is 0. The van der Waals surface area contributed by atoms with Crippen molar-refractivity contribution in [1.82, 2.24) is 0 Å². The third kappa shape index (κ3) is 2.47. The number of rotatable bonds is 2. The van der Waals surface area contributed by atoms with E-state index in [0.29, 0.717) is 11.1 Å². The Balaban J connectivity index is 3.56. The molecule has 0 spiro atoms. The van der Waals surface area contributed by atoms with Gasteiger partial charge < -0.3 is 11.5 Å². The van der Waals surface area contributed by atoms with Crippen LogP contribution in [0.3, 0.4) is 0 Å². The van der Waals surface area contributed by atoms with Crippen LogP contribution in [0.5, 0.6) is 0 Å². The minimum Gasteiger partial charge on any atom is -0.397 e. The molecule has 5 nitrogen and oxygen atoms in total. The normalized spacial score (nSPS) is 13.9. The van der Waals surface area contributed by atoms with Gasteiger partial charge in [-0.15, -0.1) is 0 Å². The van der Waals surface area contributed by atoms with E-state index in [1.165, 1.54) is 6.07 Å². The number of nitrogen functional groups attached to an aromatic ring is 1. The van der Waals surface area contributed by atoms with Crippen LogP contribution in [0.2, 0.25) is 0 Å². The molecule has 0 radical (unpaired) electrons. The maximum absolute atomic E-state index is 11.0. The second kappa shape index (κ2) is 3.80. The summed E-state index contributed by atoms with van der Waals surface area (Å²) >= 11 is 0. The number of hydrogen-bond acceptors (Lipinski definition) is 4. The van der Waals surface area contributed by atoms with Crippen molar-refractivity contribution >= 4 is 15.8 Å². The molecule has 0 fully saturated rings. The van der Waals surface area contributed by atoms with Gasteiger partial charge in [0.2, 0.25) is 0 Å². The highest BCUT2D eigenvalue weighted by Crippen LogP contribution is 2.27. The fourth-order valence-electron chi connectivity index (χ4n) is 1.38. The van der Waals surface area contributed by atoms with Crippen molar-refractivity contribution in [2.24, 2.45) is 5.73 Å². The molecule has 15 heavy (non-hydrogen) atoms. The molecule has 1 atom stereocenters. The van der Waals surface area contributed by atoms with Crippen molar-refractivity contribution in [2.45, 2.75) is 24.8 Å². The molecule has 0 bridgehead atoms. The Bertz CT molecular complexity index is 480. The second-order valence-electron chi connectivity index (χ2n) is 3.53. The predicted octanol–water partition coefficient (Wildman–Crippen LogP) is 0.844. The van der Waals surface area contributed by atoms with Gasteiger partial charge in [0, 0.05) is 6.04 Å². The number of hydrogen-bond donors (Lipinski definition) is 3. The molecule has 6 heteroatoms. The van der Waals surface area contributed by atoms with Gasteiger partial charge in [0.15, 0.2) is 0 Å². The van der Waals surface area contributed by atoms with Crippen LogP contribution in [0, 0.1) is 6.92 Å². The van der Waals surface area contributed by atoms with Crippen LogP contribution in [0.4, 0.5) is 5.69 Å². The van der Waals surface area contributed by atoms with E-state index in [4.69, 9.17) is 16.0 Å². The minimum atomic E-state index is -4.29. The van der Waals surface area contributed by atoms with Crippen molar-refractivity contribution in [3.63, 3.8) is 0 Å². The first kappa shape index (κ1) is 12.0. The molecule has 0 aromatic heterocycles. The molecule has 0 saturated carbocycles. The van der Waals surface area contributed by atoms with Gasteiger partial charge in [0.25, 0.3) is 10.1 Å². The average Bonchev–Trinajstić information content (AvgIpc) is 2.06. The van der Waals surface area contributed by atoms with Crippen LogP contribution in [0.25, 0.3) is 0 Å². The van der Waals surface area contributed by atoms with E-state index in [9.17, 15) is 8.42 Å². The molecule has 1 aromatic carbocycles. The zero-order chi connectivity index (χ0) is 11.8. The Morgan fingerprint density at radius 2 is 1.93 bits per heavy atom. The molecule has 1 unspecified atom stereocenters. The molecule has 0 amide bonds. The van der Waals surface area contributed by atoms with Crippen LogP contribution in [-0.4, -0.2) is 13.0 Å².